The molecule has 0 aromatic carbocycles. The van der Waals surface area contributed by atoms with Crippen molar-refractivity contribution in [2.24, 2.45) is 5.73 Å². The number of hydrazine groups is 1. The molecule has 0 bridgehead atoms. The first-order chi connectivity index (χ1) is 5.79. The van der Waals surface area contributed by atoms with Gasteiger partial charge in [-0.2, -0.15) is 0 Å². The van der Waals surface area contributed by atoms with Gasteiger partial charge in [0.1, 0.15) is 0 Å². The molecule has 1 heterocycles. The summed E-state index contributed by atoms with van der Waals surface area (Å²) in [4.78, 5) is 17.0. The number of primary amides is 1. The van der Waals surface area contributed by atoms with Crippen molar-refractivity contribution in [2.45, 2.75) is 6.42 Å². The summed E-state index contributed by atoms with van der Waals surface area (Å²) in [5.74, 6) is 0. The number of aromatic nitrogens is 2. The molecule has 0 saturated carbocycles. The van der Waals surface area contributed by atoms with Gasteiger partial charge < -0.3 is 10.7 Å². The minimum atomic E-state index is -0.584. The lowest BCUT2D eigenvalue weighted by atomic mass is 10.3. The van der Waals surface area contributed by atoms with E-state index in [9.17, 15) is 4.79 Å². The summed E-state index contributed by atoms with van der Waals surface area (Å²) in [5, 5.41) is 0. The topological polar surface area (TPSA) is 95.8 Å². The Morgan fingerprint density at radius 3 is 3.17 bits per heavy atom. The number of H-pyrrole nitrogens is 1. The maximum atomic E-state index is 10.2. The van der Waals surface area contributed by atoms with Gasteiger partial charge >= 0.3 is 6.03 Å². The van der Waals surface area contributed by atoms with Gasteiger partial charge in [0.05, 0.1) is 6.33 Å². The average molecular weight is 169 g/mol. The largest absolute Gasteiger partial charge is 0.351 e. The molecule has 0 aliphatic carbocycles. The highest BCUT2D eigenvalue weighted by atomic mass is 16.2. The van der Waals surface area contributed by atoms with Gasteiger partial charge in [-0.15, -0.1) is 0 Å². The van der Waals surface area contributed by atoms with Crippen LogP contribution in [0.5, 0.6) is 0 Å². The lowest BCUT2D eigenvalue weighted by molar-refractivity contribution is 0.245. The number of aromatic amines is 1. The van der Waals surface area contributed by atoms with Crippen molar-refractivity contribution in [1.82, 2.24) is 20.8 Å². The van der Waals surface area contributed by atoms with Crippen molar-refractivity contribution in [2.75, 3.05) is 6.54 Å². The van der Waals surface area contributed by atoms with Gasteiger partial charge in [0, 0.05) is 24.9 Å². The first-order valence-electron chi connectivity index (χ1n) is 3.54. The summed E-state index contributed by atoms with van der Waals surface area (Å²) in [6, 6.07) is -0.584. The fourth-order valence-corrected chi connectivity index (χ4v) is 0.768. The number of hydrogen-bond donors (Lipinski definition) is 4. The molecular weight excluding hydrogens is 158 g/mol. The summed E-state index contributed by atoms with van der Waals surface area (Å²) in [6.45, 7) is 0.616. The van der Waals surface area contributed by atoms with Gasteiger partial charge in [-0.3, -0.25) is 5.43 Å². The Morgan fingerprint density at radius 1 is 1.75 bits per heavy atom. The SMILES string of the molecule is NC(=O)NNCCc1cnc[nH]1. The van der Waals surface area contributed by atoms with Crippen LogP contribution < -0.4 is 16.6 Å². The van der Waals surface area contributed by atoms with E-state index in [1.54, 1.807) is 12.5 Å². The predicted octanol–water partition coefficient (Wildman–Crippen LogP) is -0.875. The van der Waals surface area contributed by atoms with E-state index in [0.717, 1.165) is 12.1 Å². The quantitative estimate of drug-likeness (QED) is 0.348. The number of nitrogens with zero attached hydrogens (tertiary/aromatic N) is 1. The molecule has 0 saturated heterocycles. The number of urea groups is 1. The van der Waals surface area contributed by atoms with E-state index < -0.39 is 6.03 Å². The Labute approximate surface area is 69.5 Å². The molecule has 0 fully saturated rings. The number of carbonyl (C=O) groups excluding carboxylic acids is 1. The van der Waals surface area contributed by atoms with Crippen molar-refractivity contribution in [3.05, 3.63) is 18.2 Å². The van der Waals surface area contributed by atoms with Crippen LogP contribution in [0, 0.1) is 0 Å². The number of rotatable bonds is 4. The van der Waals surface area contributed by atoms with E-state index in [1.807, 2.05) is 0 Å². The monoisotopic (exact) mass is 169 g/mol. The zero-order chi connectivity index (χ0) is 8.81. The first kappa shape index (κ1) is 8.54. The van der Waals surface area contributed by atoms with E-state index in [0.29, 0.717) is 6.54 Å². The van der Waals surface area contributed by atoms with E-state index in [4.69, 9.17) is 5.73 Å². The van der Waals surface area contributed by atoms with Crippen LogP contribution in [0.1, 0.15) is 5.69 Å². The molecule has 0 atom stereocenters. The second-order valence-electron chi connectivity index (χ2n) is 2.24. The van der Waals surface area contributed by atoms with Crippen molar-refractivity contribution in [3.63, 3.8) is 0 Å². The Morgan fingerprint density at radius 2 is 2.58 bits per heavy atom. The number of nitrogens with two attached hydrogens (primary N) is 1. The van der Waals surface area contributed by atoms with Crippen LogP contribution in [0.4, 0.5) is 4.79 Å². The summed E-state index contributed by atoms with van der Waals surface area (Å²) in [5.41, 5.74) is 10.7. The molecule has 1 aromatic heterocycles. The highest BCUT2D eigenvalue weighted by molar-refractivity contribution is 5.70. The Hall–Kier alpha value is -1.56. The number of carbonyl (C=O) groups is 1. The molecular formula is C6H11N5O. The summed E-state index contributed by atoms with van der Waals surface area (Å²) >= 11 is 0. The van der Waals surface area contributed by atoms with Crippen molar-refractivity contribution < 1.29 is 4.79 Å². The van der Waals surface area contributed by atoms with Crippen molar-refractivity contribution in [1.29, 1.82) is 0 Å². The number of hydrogen-bond acceptors (Lipinski definition) is 3. The van der Waals surface area contributed by atoms with Crippen LogP contribution in [-0.2, 0) is 6.42 Å². The fraction of sp³-hybridized carbons (Fsp3) is 0.333. The zero-order valence-electron chi connectivity index (χ0n) is 6.50. The van der Waals surface area contributed by atoms with Crippen molar-refractivity contribution in [3.8, 4) is 0 Å². The predicted molar refractivity (Wildman–Crippen MR) is 43.0 cm³/mol. The molecule has 6 nitrogen and oxygen atoms in total. The minimum Gasteiger partial charge on any atom is -0.351 e. The van der Waals surface area contributed by atoms with Gasteiger partial charge in [0.2, 0.25) is 0 Å². The highest BCUT2D eigenvalue weighted by Crippen LogP contribution is 1.89. The second-order valence-corrected chi connectivity index (χ2v) is 2.24. The van der Waals surface area contributed by atoms with E-state index in [2.05, 4.69) is 20.8 Å². The molecule has 0 aliphatic rings. The van der Waals surface area contributed by atoms with E-state index in [1.165, 1.54) is 0 Å². The second kappa shape index (κ2) is 4.35. The molecule has 0 radical (unpaired) electrons. The smallest absolute Gasteiger partial charge is 0.326 e. The van der Waals surface area contributed by atoms with E-state index in [-0.39, 0.29) is 0 Å². The molecule has 6 heteroatoms. The minimum absolute atomic E-state index is 0.584. The van der Waals surface area contributed by atoms with Crippen molar-refractivity contribution >= 4 is 6.03 Å². The fourth-order valence-electron chi connectivity index (χ4n) is 0.768. The molecule has 1 aromatic rings. The normalized spacial score (nSPS) is 9.67. The van der Waals surface area contributed by atoms with Gasteiger partial charge in [0.25, 0.3) is 0 Å². The Balaban J connectivity index is 2.07. The van der Waals surface area contributed by atoms with Crippen LogP contribution in [0.15, 0.2) is 12.5 Å². The number of imidazole rings is 1. The Bertz CT molecular complexity index is 232. The Kier molecular flexibility index (Phi) is 3.09. The van der Waals surface area contributed by atoms with Gasteiger partial charge in [-0.05, 0) is 0 Å². The van der Waals surface area contributed by atoms with Gasteiger partial charge in [-0.1, -0.05) is 0 Å². The lowest BCUT2D eigenvalue weighted by Gasteiger charge is -2.01. The van der Waals surface area contributed by atoms with Crippen LogP contribution in [0.3, 0.4) is 0 Å². The standard InChI is InChI=1S/C6H11N5O/c7-6(12)11-10-2-1-5-3-8-4-9-5/h3-4,10H,1-2H2,(H,8,9)(H3,7,11,12). The third-order valence-electron chi connectivity index (χ3n) is 1.29. The number of nitrogens with one attached hydrogen (secondary N) is 3. The molecule has 0 spiro atoms. The third-order valence-corrected chi connectivity index (χ3v) is 1.29. The lowest BCUT2D eigenvalue weighted by Crippen LogP contribution is -2.41. The average Bonchev–Trinajstić information content (AvgIpc) is 2.49. The van der Waals surface area contributed by atoms with Gasteiger partial charge in [-0.25, -0.2) is 15.2 Å². The van der Waals surface area contributed by atoms with Crippen LogP contribution in [0.2, 0.25) is 0 Å². The first-order valence-corrected chi connectivity index (χ1v) is 3.54. The summed E-state index contributed by atoms with van der Waals surface area (Å²) in [7, 11) is 0. The van der Waals surface area contributed by atoms with Gasteiger partial charge in [0.15, 0.2) is 0 Å². The maximum Gasteiger partial charge on any atom is 0.326 e. The maximum absolute atomic E-state index is 10.2. The van der Waals surface area contributed by atoms with E-state index >= 15 is 0 Å². The van der Waals surface area contributed by atoms with Crippen LogP contribution in [0.25, 0.3) is 0 Å². The zero-order valence-corrected chi connectivity index (χ0v) is 6.50. The molecule has 66 valence electrons. The molecule has 12 heavy (non-hydrogen) atoms. The molecule has 0 aliphatic heterocycles. The molecule has 1 rings (SSSR count). The van der Waals surface area contributed by atoms with Crippen LogP contribution in [-0.4, -0.2) is 22.5 Å². The molecule has 2 amide bonds. The highest BCUT2D eigenvalue weighted by Gasteiger charge is 1.93. The summed E-state index contributed by atoms with van der Waals surface area (Å²) in [6.07, 6.45) is 4.10. The van der Waals surface area contributed by atoms with Crippen LogP contribution >= 0.6 is 0 Å². The third kappa shape index (κ3) is 3.02. The molecule has 0 unspecified atom stereocenters. The number of amides is 2. The molecule has 5 N–H and O–H groups in total. The summed E-state index contributed by atoms with van der Waals surface area (Å²) < 4.78 is 0.